The zero-order valence-corrected chi connectivity index (χ0v) is 10.0. The summed E-state index contributed by atoms with van der Waals surface area (Å²) < 4.78 is 5.31. The molecular weight excluding hydrogens is 234 g/mol. The van der Waals surface area contributed by atoms with Crippen molar-refractivity contribution < 1.29 is 14.3 Å². The minimum atomic E-state index is -0.353. The Morgan fingerprint density at radius 3 is 2.83 bits per heavy atom. The Morgan fingerprint density at radius 1 is 1.44 bits per heavy atom. The monoisotopic (exact) mass is 247 g/mol. The molecule has 1 unspecified atom stereocenters. The third-order valence-electron chi connectivity index (χ3n) is 2.34. The molecule has 0 aromatic carbocycles. The summed E-state index contributed by atoms with van der Waals surface area (Å²) in [5.41, 5.74) is 0.283. The van der Waals surface area contributed by atoms with Gasteiger partial charge in [-0.05, 0) is 19.9 Å². The Morgan fingerprint density at radius 2 is 2.22 bits per heavy atom. The van der Waals surface area contributed by atoms with E-state index in [4.69, 9.17) is 4.42 Å². The smallest absolute Gasteiger partial charge is 0.253 e. The molecule has 0 bridgehead atoms. The Bertz CT molecular complexity index is 565. The molecule has 94 valence electrons. The molecular formula is C12H13N3O3. The van der Waals surface area contributed by atoms with Gasteiger partial charge in [-0.1, -0.05) is 0 Å². The number of aryl methyl sites for hydroxylation is 1. The molecule has 2 rings (SSSR count). The summed E-state index contributed by atoms with van der Waals surface area (Å²) >= 11 is 0. The highest BCUT2D eigenvalue weighted by Crippen LogP contribution is 2.14. The predicted octanol–water partition coefficient (Wildman–Crippen LogP) is 1.57. The molecule has 0 fully saturated rings. The fourth-order valence-corrected chi connectivity index (χ4v) is 1.47. The number of carbonyl (C=O) groups excluding carboxylic acids is 1. The van der Waals surface area contributed by atoms with Crippen LogP contribution in [0.4, 0.5) is 0 Å². The molecule has 0 aliphatic heterocycles. The first-order chi connectivity index (χ1) is 8.56. The first-order valence-electron chi connectivity index (χ1n) is 5.43. The number of hydrogen-bond donors (Lipinski definition) is 2. The summed E-state index contributed by atoms with van der Waals surface area (Å²) in [7, 11) is 0. The normalized spacial score (nSPS) is 12.1. The van der Waals surface area contributed by atoms with Crippen LogP contribution in [0.5, 0.6) is 5.75 Å². The maximum Gasteiger partial charge on any atom is 0.253 e. The molecule has 0 aliphatic rings. The van der Waals surface area contributed by atoms with E-state index < -0.39 is 0 Å². The highest BCUT2D eigenvalue weighted by Gasteiger charge is 2.15. The summed E-state index contributed by atoms with van der Waals surface area (Å²) in [6.45, 7) is 3.55. The van der Waals surface area contributed by atoms with Crippen LogP contribution in [0.15, 0.2) is 29.1 Å². The molecule has 0 radical (unpaired) electrons. The fraction of sp³-hybridized carbons (Fsp3) is 0.250. The number of aromatic hydroxyl groups is 1. The van der Waals surface area contributed by atoms with Crippen LogP contribution in [0.3, 0.4) is 0 Å². The molecule has 2 N–H and O–H groups in total. The van der Waals surface area contributed by atoms with Gasteiger partial charge in [-0.3, -0.25) is 9.78 Å². The minimum absolute atomic E-state index is 0.0535. The first kappa shape index (κ1) is 12.1. The summed E-state index contributed by atoms with van der Waals surface area (Å²) in [4.78, 5) is 19.6. The van der Waals surface area contributed by atoms with Gasteiger partial charge in [-0.2, -0.15) is 0 Å². The van der Waals surface area contributed by atoms with Gasteiger partial charge < -0.3 is 14.8 Å². The Labute approximate surface area is 104 Å². The average molecular weight is 247 g/mol. The number of rotatable bonds is 3. The molecule has 0 saturated carbocycles. The van der Waals surface area contributed by atoms with Crippen molar-refractivity contribution >= 4 is 5.91 Å². The van der Waals surface area contributed by atoms with Crippen molar-refractivity contribution in [3.63, 3.8) is 0 Å². The number of hydrogen-bond acceptors (Lipinski definition) is 5. The number of oxazole rings is 1. The van der Waals surface area contributed by atoms with Gasteiger partial charge >= 0.3 is 0 Å². The minimum Gasteiger partial charge on any atom is -0.506 e. The highest BCUT2D eigenvalue weighted by molar-refractivity contribution is 5.94. The summed E-state index contributed by atoms with van der Waals surface area (Å²) in [6, 6.07) is 0.990. The second-order valence-corrected chi connectivity index (χ2v) is 3.94. The average Bonchev–Trinajstić information content (AvgIpc) is 2.76. The number of aromatic nitrogens is 2. The Hall–Kier alpha value is -2.37. The van der Waals surface area contributed by atoms with Crippen molar-refractivity contribution in [1.82, 2.24) is 15.3 Å². The van der Waals surface area contributed by atoms with Crippen LogP contribution < -0.4 is 5.32 Å². The number of nitrogens with one attached hydrogen (secondary N) is 1. The molecule has 6 heteroatoms. The van der Waals surface area contributed by atoms with Gasteiger partial charge in [-0.15, -0.1) is 0 Å². The number of carbonyl (C=O) groups is 1. The lowest BCUT2D eigenvalue weighted by molar-refractivity contribution is 0.0933. The first-order valence-corrected chi connectivity index (χ1v) is 5.43. The van der Waals surface area contributed by atoms with Gasteiger partial charge in [0.2, 0.25) is 5.89 Å². The zero-order chi connectivity index (χ0) is 13.1. The van der Waals surface area contributed by atoms with Gasteiger partial charge in [0.1, 0.15) is 17.6 Å². The molecule has 0 saturated heterocycles. The topological polar surface area (TPSA) is 88.2 Å². The van der Waals surface area contributed by atoms with E-state index in [9.17, 15) is 9.90 Å². The Kier molecular flexibility index (Phi) is 3.27. The van der Waals surface area contributed by atoms with E-state index in [1.54, 1.807) is 20.0 Å². The number of amides is 1. The summed E-state index contributed by atoms with van der Waals surface area (Å²) in [5, 5.41) is 11.9. The molecule has 6 nitrogen and oxygen atoms in total. The standard InChI is InChI=1S/C12H13N3O3/c1-7-4-14-12(18-7)8(2)15-11(17)9-3-10(16)6-13-5-9/h3-6,8,16H,1-2H3,(H,15,17). The summed E-state index contributed by atoms with van der Waals surface area (Å²) in [5.74, 6) is 0.725. The van der Waals surface area contributed by atoms with E-state index in [1.807, 2.05) is 0 Å². The number of pyridine rings is 1. The van der Waals surface area contributed by atoms with Gasteiger partial charge in [-0.25, -0.2) is 4.98 Å². The molecule has 2 aromatic rings. The Balaban J connectivity index is 2.08. The van der Waals surface area contributed by atoms with E-state index in [1.165, 1.54) is 18.5 Å². The molecule has 2 heterocycles. The fourth-order valence-electron chi connectivity index (χ4n) is 1.47. The second-order valence-electron chi connectivity index (χ2n) is 3.94. The largest absolute Gasteiger partial charge is 0.506 e. The van der Waals surface area contributed by atoms with Gasteiger partial charge in [0, 0.05) is 6.20 Å². The van der Waals surface area contributed by atoms with Crippen molar-refractivity contribution in [2.75, 3.05) is 0 Å². The lowest BCUT2D eigenvalue weighted by Gasteiger charge is -2.10. The predicted molar refractivity (Wildman–Crippen MR) is 63.0 cm³/mol. The molecule has 1 amide bonds. The van der Waals surface area contributed by atoms with Gasteiger partial charge in [0.05, 0.1) is 18.0 Å². The maximum atomic E-state index is 11.9. The van der Waals surface area contributed by atoms with Crippen molar-refractivity contribution in [1.29, 1.82) is 0 Å². The van der Waals surface area contributed by atoms with Crippen LogP contribution in [0, 0.1) is 6.92 Å². The van der Waals surface area contributed by atoms with Crippen molar-refractivity contribution in [3.05, 3.63) is 41.9 Å². The maximum absolute atomic E-state index is 11.9. The van der Waals surface area contributed by atoms with E-state index >= 15 is 0 Å². The van der Waals surface area contributed by atoms with E-state index in [0.29, 0.717) is 11.7 Å². The van der Waals surface area contributed by atoms with Crippen LogP contribution in [0.25, 0.3) is 0 Å². The van der Waals surface area contributed by atoms with Crippen LogP contribution >= 0.6 is 0 Å². The highest BCUT2D eigenvalue weighted by atomic mass is 16.4. The molecule has 0 spiro atoms. The molecule has 18 heavy (non-hydrogen) atoms. The van der Waals surface area contributed by atoms with Crippen LogP contribution in [0.2, 0.25) is 0 Å². The zero-order valence-electron chi connectivity index (χ0n) is 10.0. The van der Waals surface area contributed by atoms with Crippen LogP contribution in [0.1, 0.15) is 35.0 Å². The van der Waals surface area contributed by atoms with Gasteiger partial charge in [0.25, 0.3) is 5.91 Å². The van der Waals surface area contributed by atoms with Crippen molar-refractivity contribution in [3.8, 4) is 5.75 Å². The van der Waals surface area contributed by atoms with E-state index in [0.717, 1.165) is 0 Å². The lowest BCUT2D eigenvalue weighted by atomic mass is 10.2. The second kappa shape index (κ2) is 4.87. The summed E-state index contributed by atoms with van der Waals surface area (Å²) in [6.07, 6.45) is 4.23. The van der Waals surface area contributed by atoms with Crippen molar-refractivity contribution in [2.45, 2.75) is 19.9 Å². The third-order valence-corrected chi connectivity index (χ3v) is 2.34. The van der Waals surface area contributed by atoms with Gasteiger partial charge in [0.15, 0.2) is 0 Å². The number of nitrogens with zero attached hydrogens (tertiary/aromatic N) is 2. The van der Waals surface area contributed by atoms with Crippen LogP contribution in [-0.4, -0.2) is 21.0 Å². The SMILES string of the molecule is Cc1cnc(C(C)NC(=O)c2cncc(O)c2)o1. The van der Waals surface area contributed by atoms with Crippen molar-refractivity contribution in [2.24, 2.45) is 0 Å². The molecule has 2 aromatic heterocycles. The van der Waals surface area contributed by atoms with E-state index in [-0.39, 0.29) is 23.3 Å². The molecule has 1 atom stereocenters. The lowest BCUT2D eigenvalue weighted by Crippen LogP contribution is -2.26. The quantitative estimate of drug-likeness (QED) is 0.859. The third kappa shape index (κ3) is 2.65. The van der Waals surface area contributed by atoms with E-state index in [2.05, 4.69) is 15.3 Å². The molecule has 0 aliphatic carbocycles. The van der Waals surface area contributed by atoms with Crippen LogP contribution in [-0.2, 0) is 0 Å².